The van der Waals surface area contributed by atoms with Gasteiger partial charge in [0.25, 0.3) is 5.56 Å². The van der Waals surface area contributed by atoms with Crippen LogP contribution in [0.25, 0.3) is 33.6 Å². The average Bonchev–Trinajstić information content (AvgIpc) is 3.14. The van der Waals surface area contributed by atoms with Crippen LogP contribution in [0.15, 0.2) is 70.1 Å². The molecule has 1 saturated carbocycles. The molecular formula is C24H23N3O3. The zero-order valence-corrected chi connectivity index (χ0v) is 16.7. The van der Waals surface area contributed by atoms with Gasteiger partial charge in [0, 0.05) is 23.2 Å². The lowest BCUT2D eigenvalue weighted by Gasteiger charge is -2.42. The van der Waals surface area contributed by atoms with Crippen molar-refractivity contribution in [1.82, 2.24) is 9.55 Å². The van der Waals surface area contributed by atoms with Gasteiger partial charge in [-0.05, 0) is 30.9 Å². The van der Waals surface area contributed by atoms with E-state index in [1.165, 1.54) is 6.33 Å². The van der Waals surface area contributed by atoms with E-state index in [0.717, 1.165) is 22.3 Å². The van der Waals surface area contributed by atoms with Crippen molar-refractivity contribution < 1.29 is 9.52 Å². The number of aliphatic hydroxyl groups excluding tert-OH is 1. The van der Waals surface area contributed by atoms with Crippen LogP contribution in [-0.4, -0.2) is 20.8 Å². The Balaban J connectivity index is 1.69. The van der Waals surface area contributed by atoms with E-state index in [0.29, 0.717) is 36.2 Å². The maximum atomic E-state index is 13.1. The molecule has 0 atom stereocenters. The van der Waals surface area contributed by atoms with Gasteiger partial charge in [-0.2, -0.15) is 0 Å². The molecule has 1 aliphatic rings. The largest absolute Gasteiger partial charge is 0.437 e. The molecule has 4 aromatic rings. The highest BCUT2D eigenvalue weighted by Gasteiger charge is 2.41. The summed E-state index contributed by atoms with van der Waals surface area (Å²) in [5, 5.41) is 10.1. The van der Waals surface area contributed by atoms with Gasteiger partial charge >= 0.3 is 0 Å². The van der Waals surface area contributed by atoms with Crippen LogP contribution in [0.4, 0.5) is 0 Å². The monoisotopic (exact) mass is 401 g/mol. The Bertz CT molecular complexity index is 1270. The summed E-state index contributed by atoms with van der Waals surface area (Å²) < 4.78 is 7.69. The predicted octanol–water partition coefficient (Wildman–Crippen LogP) is 3.65. The van der Waals surface area contributed by atoms with Crippen molar-refractivity contribution in [3.63, 3.8) is 0 Å². The first-order valence-corrected chi connectivity index (χ1v) is 10.2. The van der Waals surface area contributed by atoms with Gasteiger partial charge in [-0.25, -0.2) is 4.98 Å². The molecule has 152 valence electrons. The van der Waals surface area contributed by atoms with E-state index >= 15 is 0 Å². The topological polar surface area (TPSA) is 94.3 Å². The number of aryl methyl sites for hydroxylation is 1. The van der Waals surface area contributed by atoms with Crippen molar-refractivity contribution in [2.24, 2.45) is 5.73 Å². The molecule has 30 heavy (non-hydrogen) atoms. The van der Waals surface area contributed by atoms with E-state index in [-0.39, 0.29) is 11.7 Å². The highest BCUT2D eigenvalue weighted by Crippen LogP contribution is 2.42. The lowest BCUT2D eigenvalue weighted by Crippen LogP contribution is -2.51. The van der Waals surface area contributed by atoms with Crippen molar-refractivity contribution >= 4 is 11.1 Å². The number of fused-ring (bicyclic) bond motifs is 1. The number of hydrogen-bond acceptors (Lipinski definition) is 5. The van der Waals surface area contributed by atoms with Crippen molar-refractivity contribution in [3.8, 4) is 22.5 Å². The highest BCUT2D eigenvalue weighted by atomic mass is 16.3. The second-order valence-electron chi connectivity index (χ2n) is 7.98. The standard InChI is InChI=1S/C24H23N3O3/c1-2-27-14-26-22-20(23(27)29)19(15-6-4-3-5-7-15)21(30-22)16-8-10-17(11-9-16)24(25)12-18(28)13-24/h3-11,14,18,28H,2,12-13,25H2,1H3. The van der Waals surface area contributed by atoms with Gasteiger partial charge in [0.2, 0.25) is 5.71 Å². The molecule has 1 fully saturated rings. The molecule has 3 N–H and O–H groups in total. The normalized spacial score (nSPS) is 21.0. The minimum atomic E-state index is -0.482. The summed E-state index contributed by atoms with van der Waals surface area (Å²) in [5.41, 5.74) is 9.63. The first-order valence-electron chi connectivity index (χ1n) is 10.2. The molecule has 0 bridgehead atoms. The maximum Gasteiger partial charge on any atom is 0.265 e. The fourth-order valence-corrected chi connectivity index (χ4v) is 4.31. The molecule has 1 aliphatic carbocycles. The van der Waals surface area contributed by atoms with Crippen LogP contribution >= 0.6 is 0 Å². The number of benzene rings is 2. The van der Waals surface area contributed by atoms with Crippen LogP contribution in [0.1, 0.15) is 25.3 Å². The molecule has 6 nitrogen and oxygen atoms in total. The second kappa shape index (κ2) is 6.93. The second-order valence-corrected chi connectivity index (χ2v) is 7.98. The maximum absolute atomic E-state index is 13.1. The van der Waals surface area contributed by atoms with E-state index in [1.807, 2.05) is 61.5 Å². The zero-order valence-electron chi connectivity index (χ0n) is 16.7. The lowest BCUT2D eigenvalue weighted by atomic mass is 9.70. The predicted molar refractivity (Wildman–Crippen MR) is 116 cm³/mol. The highest BCUT2D eigenvalue weighted by molar-refractivity contribution is 5.99. The van der Waals surface area contributed by atoms with Crippen molar-refractivity contribution in [3.05, 3.63) is 76.8 Å². The molecule has 2 heterocycles. The third kappa shape index (κ3) is 2.88. The van der Waals surface area contributed by atoms with E-state index < -0.39 is 5.54 Å². The molecule has 2 aromatic carbocycles. The van der Waals surface area contributed by atoms with Crippen LogP contribution in [0.3, 0.4) is 0 Å². The minimum Gasteiger partial charge on any atom is -0.437 e. The summed E-state index contributed by atoms with van der Waals surface area (Å²) in [6, 6.07) is 17.6. The summed E-state index contributed by atoms with van der Waals surface area (Å²) in [7, 11) is 0. The molecule has 2 aromatic heterocycles. The van der Waals surface area contributed by atoms with E-state index in [1.54, 1.807) is 4.57 Å². The molecular weight excluding hydrogens is 378 g/mol. The first kappa shape index (κ1) is 18.8. The van der Waals surface area contributed by atoms with Gasteiger partial charge in [0.15, 0.2) is 0 Å². The van der Waals surface area contributed by atoms with Crippen LogP contribution < -0.4 is 11.3 Å². The number of furan rings is 1. The average molecular weight is 401 g/mol. The van der Waals surface area contributed by atoms with Gasteiger partial charge in [0.1, 0.15) is 17.5 Å². The lowest BCUT2D eigenvalue weighted by molar-refractivity contribution is 0.0209. The first-order chi connectivity index (χ1) is 14.5. The van der Waals surface area contributed by atoms with E-state index in [9.17, 15) is 9.90 Å². The number of nitrogens with zero attached hydrogens (tertiary/aromatic N) is 2. The third-order valence-electron chi connectivity index (χ3n) is 6.00. The van der Waals surface area contributed by atoms with Gasteiger partial charge in [-0.1, -0.05) is 54.6 Å². The molecule has 0 spiro atoms. The molecule has 6 heteroatoms. The Morgan fingerprint density at radius 3 is 2.47 bits per heavy atom. The third-order valence-corrected chi connectivity index (χ3v) is 6.00. The molecule has 0 aliphatic heterocycles. The van der Waals surface area contributed by atoms with Gasteiger partial charge < -0.3 is 15.3 Å². The van der Waals surface area contributed by atoms with E-state index in [2.05, 4.69) is 4.98 Å². The Labute approximate surface area is 173 Å². The Morgan fingerprint density at radius 1 is 1.13 bits per heavy atom. The molecule has 0 unspecified atom stereocenters. The minimum absolute atomic E-state index is 0.114. The van der Waals surface area contributed by atoms with Crippen LogP contribution in [0, 0.1) is 0 Å². The van der Waals surface area contributed by atoms with Crippen LogP contribution in [0.5, 0.6) is 0 Å². The quantitative estimate of drug-likeness (QED) is 0.544. The Kier molecular flexibility index (Phi) is 4.34. The summed E-state index contributed by atoms with van der Waals surface area (Å²) in [4.78, 5) is 17.5. The van der Waals surface area contributed by atoms with Crippen LogP contribution in [0.2, 0.25) is 0 Å². The summed E-state index contributed by atoms with van der Waals surface area (Å²) >= 11 is 0. The molecule has 0 radical (unpaired) electrons. The molecule has 0 amide bonds. The smallest absolute Gasteiger partial charge is 0.265 e. The summed E-state index contributed by atoms with van der Waals surface area (Å²) in [6.07, 6.45) is 2.32. The number of aliphatic hydroxyl groups is 1. The summed E-state index contributed by atoms with van der Waals surface area (Å²) in [5.74, 6) is 0.612. The molecule has 5 rings (SSSR count). The van der Waals surface area contributed by atoms with Crippen molar-refractivity contribution in [1.29, 1.82) is 0 Å². The van der Waals surface area contributed by atoms with Gasteiger partial charge in [-0.15, -0.1) is 0 Å². The number of hydrogen-bond donors (Lipinski definition) is 2. The fourth-order valence-electron chi connectivity index (χ4n) is 4.31. The van der Waals surface area contributed by atoms with Gasteiger partial charge in [0.05, 0.1) is 6.10 Å². The number of nitrogens with two attached hydrogens (primary N) is 1. The van der Waals surface area contributed by atoms with Crippen LogP contribution in [-0.2, 0) is 12.1 Å². The Hall–Kier alpha value is -3.22. The summed E-state index contributed by atoms with van der Waals surface area (Å²) in [6.45, 7) is 2.45. The van der Waals surface area contributed by atoms with E-state index in [4.69, 9.17) is 10.2 Å². The van der Waals surface area contributed by atoms with Crippen molar-refractivity contribution in [2.75, 3.05) is 0 Å². The SMILES string of the molecule is CCn1cnc2oc(-c3ccc(C4(N)CC(O)C4)cc3)c(-c3ccccc3)c2c1=O. The zero-order chi connectivity index (χ0) is 20.9. The Morgan fingerprint density at radius 2 is 1.83 bits per heavy atom. The van der Waals surface area contributed by atoms with Gasteiger partial charge in [-0.3, -0.25) is 9.36 Å². The number of rotatable bonds is 4. The molecule has 0 saturated heterocycles. The van der Waals surface area contributed by atoms with Crippen molar-refractivity contribution in [2.45, 2.75) is 38.0 Å². The number of aromatic nitrogens is 2. The fraction of sp³-hybridized carbons (Fsp3) is 0.250.